The number of nitrogens with zero attached hydrogens (tertiary/aromatic N) is 1. The highest BCUT2D eigenvalue weighted by Gasteiger charge is 2.22. The zero-order valence-electron chi connectivity index (χ0n) is 10.7. The fourth-order valence-electron chi connectivity index (χ4n) is 2.81. The van der Waals surface area contributed by atoms with Gasteiger partial charge >= 0.3 is 0 Å². The molecule has 1 heterocycles. The fraction of sp³-hybridized carbons (Fsp3) is 0.571. The van der Waals surface area contributed by atoms with Crippen LogP contribution in [0.3, 0.4) is 0 Å². The molecule has 1 saturated heterocycles. The average Bonchev–Trinajstić information content (AvgIpc) is 2.15. The van der Waals surface area contributed by atoms with Crippen LogP contribution < -0.4 is 10.2 Å². The summed E-state index contributed by atoms with van der Waals surface area (Å²) >= 11 is 0. The molecule has 2 nitrogen and oxygen atoms in total. The molecule has 1 aromatic rings. The summed E-state index contributed by atoms with van der Waals surface area (Å²) in [7, 11) is 0. The van der Waals surface area contributed by atoms with E-state index in [1.807, 2.05) is 0 Å². The van der Waals surface area contributed by atoms with E-state index in [0.29, 0.717) is 12.1 Å². The van der Waals surface area contributed by atoms with Gasteiger partial charge in [0, 0.05) is 30.9 Å². The van der Waals surface area contributed by atoms with E-state index in [9.17, 15) is 0 Å². The molecule has 0 spiro atoms. The summed E-state index contributed by atoms with van der Waals surface area (Å²) in [5, 5.41) is 3.58. The number of nitrogens with one attached hydrogen (secondary N) is 1. The molecule has 0 aromatic heterocycles. The van der Waals surface area contributed by atoms with Gasteiger partial charge in [0.25, 0.3) is 0 Å². The normalized spacial score (nSPS) is 25.9. The second-order valence-electron chi connectivity index (χ2n) is 5.11. The maximum absolute atomic E-state index is 3.58. The summed E-state index contributed by atoms with van der Waals surface area (Å²) in [6.45, 7) is 11.2. The maximum atomic E-state index is 3.58. The first kappa shape index (κ1) is 11.5. The molecule has 1 aliphatic rings. The van der Waals surface area contributed by atoms with Crippen molar-refractivity contribution in [2.24, 2.45) is 0 Å². The first-order chi connectivity index (χ1) is 7.58. The third-order valence-electron chi connectivity index (χ3n) is 3.31. The molecule has 2 heteroatoms. The molecule has 0 saturated carbocycles. The lowest BCUT2D eigenvalue weighted by molar-refractivity contribution is 0.406. The van der Waals surface area contributed by atoms with Crippen LogP contribution in [0.4, 0.5) is 5.69 Å². The molecule has 0 aliphatic carbocycles. The zero-order valence-corrected chi connectivity index (χ0v) is 10.7. The molecule has 2 rings (SSSR count). The maximum Gasteiger partial charge on any atom is 0.0426 e. The zero-order chi connectivity index (χ0) is 11.7. The second-order valence-corrected chi connectivity index (χ2v) is 5.11. The van der Waals surface area contributed by atoms with Crippen LogP contribution in [0, 0.1) is 13.8 Å². The number of para-hydroxylation sites is 1. The molecule has 0 bridgehead atoms. The molecule has 1 N–H and O–H groups in total. The molecule has 88 valence electrons. The number of rotatable bonds is 1. The average molecular weight is 218 g/mol. The van der Waals surface area contributed by atoms with Gasteiger partial charge in [-0.1, -0.05) is 18.2 Å². The van der Waals surface area contributed by atoms with Gasteiger partial charge in [-0.25, -0.2) is 0 Å². The Bertz CT molecular complexity index is 343. The monoisotopic (exact) mass is 218 g/mol. The van der Waals surface area contributed by atoms with Crippen LogP contribution >= 0.6 is 0 Å². The minimum atomic E-state index is 0.572. The number of benzene rings is 1. The van der Waals surface area contributed by atoms with E-state index >= 15 is 0 Å². The van der Waals surface area contributed by atoms with Gasteiger partial charge in [-0.2, -0.15) is 0 Å². The summed E-state index contributed by atoms with van der Waals surface area (Å²) in [6.07, 6.45) is 0. The summed E-state index contributed by atoms with van der Waals surface area (Å²) in [5.41, 5.74) is 4.21. The van der Waals surface area contributed by atoms with E-state index in [0.717, 1.165) is 13.1 Å². The molecule has 16 heavy (non-hydrogen) atoms. The van der Waals surface area contributed by atoms with Crippen LogP contribution in [0.1, 0.15) is 25.0 Å². The lowest BCUT2D eigenvalue weighted by Crippen LogP contribution is -2.54. The van der Waals surface area contributed by atoms with Crippen molar-refractivity contribution in [1.82, 2.24) is 5.32 Å². The molecule has 0 amide bonds. The van der Waals surface area contributed by atoms with Crippen molar-refractivity contribution < 1.29 is 0 Å². The second kappa shape index (κ2) is 4.46. The van der Waals surface area contributed by atoms with Crippen molar-refractivity contribution in [3.63, 3.8) is 0 Å². The molecular formula is C14H22N2. The molecule has 1 fully saturated rings. The summed E-state index contributed by atoms with van der Waals surface area (Å²) < 4.78 is 0. The molecular weight excluding hydrogens is 196 g/mol. The predicted molar refractivity (Wildman–Crippen MR) is 70.2 cm³/mol. The van der Waals surface area contributed by atoms with Crippen molar-refractivity contribution >= 4 is 5.69 Å². The van der Waals surface area contributed by atoms with Gasteiger partial charge in [0.05, 0.1) is 0 Å². The Kier molecular flexibility index (Phi) is 3.20. The molecule has 2 unspecified atom stereocenters. The van der Waals surface area contributed by atoms with Gasteiger partial charge in [-0.3, -0.25) is 0 Å². The topological polar surface area (TPSA) is 15.3 Å². The Hall–Kier alpha value is -1.02. The van der Waals surface area contributed by atoms with Crippen LogP contribution in [0.5, 0.6) is 0 Å². The quantitative estimate of drug-likeness (QED) is 0.779. The Morgan fingerprint density at radius 2 is 1.56 bits per heavy atom. The standard InChI is InChI=1S/C14H22N2/c1-10-6-5-7-11(2)14(10)16-8-12(3)15-13(4)9-16/h5-7,12-13,15H,8-9H2,1-4H3. The van der Waals surface area contributed by atoms with Crippen molar-refractivity contribution in [3.05, 3.63) is 29.3 Å². The minimum Gasteiger partial charge on any atom is -0.368 e. The Balaban J connectivity index is 2.29. The Morgan fingerprint density at radius 1 is 1.06 bits per heavy atom. The summed E-state index contributed by atoms with van der Waals surface area (Å²) in [5.74, 6) is 0. The predicted octanol–water partition coefficient (Wildman–Crippen LogP) is 2.49. The van der Waals surface area contributed by atoms with Gasteiger partial charge in [0.2, 0.25) is 0 Å². The van der Waals surface area contributed by atoms with E-state index in [-0.39, 0.29) is 0 Å². The van der Waals surface area contributed by atoms with Crippen molar-refractivity contribution in [2.45, 2.75) is 39.8 Å². The van der Waals surface area contributed by atoms with E-state index in [1.165, 1.54) is 16.8 Å². The van der Waals surface area contributed by atoms with Crippen LogP contribution in [-0.4, -0.2) is 25.2 Å². The summed E-state index contributed by atoms with van der Waals surface area (Å²) in [4.78, 5) is 2.52. The fourth-order valence-corrected chi connectivity index (χ4v) is 2.81. The molecule has 1 aromatic carbocycles. The van der Waals surface area contributed by atoms with E-state index in [2.05, 4.69) is 56.1 Å². The van der Waals surface area contributed by atoms with Crippen LogP contribution in [-0.2, 0) is 0 Å². The molecule has 0 radical (unpaired) electrons. The molecule has 2 atom stereocenters. The number of aryl methyl sites for hydroxylation is 2. The van der Waals surface area contributed by atoms with Crippen molar-refractivity contribution in [1.29, 1.82) is 0 Å². The van der Waals surface area contributed by atoms with E-state index in [1.54, 1.807) is 0 Å². The lowest BCUT2D eigenvalue weighted by atomic mass is 10.0. The highest BCUT2D eigenvalue weighted by Crippen LogP contribution is 2.26. The Morgan fingerprint density at radius 3 is 2.06 bits per heavy atom. The van der Waals surface area contributed by atoms with E-state index in [4.69, 9.17) is 0 Å². The SMILES string of the molecule is Cc1cccc(C)c1N1CC(C)NC(C)C1. The van der Waals surface area contributed by atoms with Crippen molar-refractivity contribution in [2.75, 3.05) is 18.0 Å². The van der Waals surface area contributed by atoms with Gasteiger partial charge < -0.3 is 10.2 Å². The number of piperazine rings is 1. The van der Waals surface area contributed by atoms with Gasteiger partial charge in [-0.15, -0.1) is 0 Å². The number of hydrogen-bond acceptors (Lipinski definition) is 2. The van der Waals surface area contributed by atoms with Crippen LogP contribution in [0.15, 0.2) is 18.2 Å². The lowest BCUT2D eigenvalue weighted by Gasteiger charge is -2.39. The van der Waals surface area contributed by atoms with Crippen LogP contribution in [0.25, 0.3) is 0 Å². The molecule has 1 aliphatic heterocycles. The van der Waals surface area contributed by atoms with Gasteiger partial charge in [0.15, 0.2) is 0 Å². The third kappa shape index (κ3) is 2.22. The number of anilines is 1. The first-order valence-corrected chi connectivity index (χ1v) is 6.15. The summed E-state index contributed by atoms with van der Waals surface area (Å²) in [6, 6.07) is 7.70. The van der Waals surface area contributed by atoms with E-state index < -0.39 is 0 Å². The first-order valence-electron chi connectivity index (χ1n) is 6.15. The van der Waals surface area contributed by atoms with Crippen molar-refractivity contribution in [3.8, 4) is 0 Å². The van der Waals surface area contributed by atoms with Gasteiger partial charge in [-0.05, 0) is 38.8 Å². The van der Waals surface area contributed by atoms with Crippen LogP contribution in [0.2, 0.25) is 0 Å². The third-order valence-corrected chi connectivity index (χ3v) is 3.31. The minimum absolute atomic E-state index is 0.572. The highest BCUT2D eigenvalue weighted by molar-refractivity contribution is 5.59. The largest absolute Gasteiger partial charge is 0.368 e. The van der Waals surface area contributed by atoms with Gasteiger partial charge in [0.1, 0.15) is 0 Å². The smallest absolute Gasteiger partial charge is 0.0426 e. The number of hydrogen-bond donors (Lipinski definition) is 1. The highest BCUT2D eigenvalue weighted by atomic mass is 15.2. The Labute approximate surface area is 98.7 Å².